The fourth-order valence-electron chi connectivity index (χ4n) is 2.64. The largest absolute Gasteiger partial charge is 0.504 e. The molecule has 1 aliphatic rings. The van der Waals surface area contributed by atoms with E-state index in [0.717, 1.165) is 12.8 Å². The Hall–Kier alpha value is -2.22. The van der Waals surface area contributed by atoms with Crippen LogP contribution >= 0.6 is 0 Å². The second kappa shape index (κ2) is 6.04. The highest BCUT2D eigenvalue weighted by molar-refractivity contribution is 5.95. The van der Waals surface area contributed by atoms with E-state index in [1.54, 1.807) is 6.07 Å². The highest BCUT2D eigenvalue weighted by Gasteiger charge is 2.36. The lowest BCUT2D eigenvalue weighted by molar-refractivity contribution is 0.0893. The van der Waals surface area contributed by atoms with Crippen molar-refractivity contribution >= 4 is 5.91 Å². The lowest BCUT2D eigenvalue weighted by Crippen LogP contribution is -2.49. The summed E-state index contributed by atoms with van der Waals surface area (Å²) >= 11 is 0. The molecule has 1 aliphatic carbocycles. The molecule has 0 saturated heterocycles. The Morgan fingerprint density at radius 2 is 2.14 bits per heavy atom. The molecule has 5 heteroatoms. The number of carbonyl (C=O) groups excluding carboxylic acids is 1. The van der Waals surface area contributed by atoms with Crippen molar-refractivity contribution < 1.29 is 14.6 Å². The summed E-state index contributed by atoms with van der Waals surface area (Å²) in [6.07, 6.45) is 3.19. The summed E-state index contributed by atoms with van der Waals surface area (Å²) in [5.74, 6) is 0.471. The Bertz CT molecular complexity index is 569. The van der Waals surface area contributed by atoms with Gasteiger partial charge in [0, 0.05) is 5.56 Å². The molecule has 1 aromatic carbocycles. The van der Waals surface area contributed by atoms with E-state index in [4.69, 9.17) is 4.74 Å². The molecule has 0 radical (unpaired) electrons. The molecule has 0 atom stereocenters. The fourth-order valence-corrected chi connectivity index (χ4v) is 2.64. The van der Waals surface area contributed by atoms with Gasteiger partial charge in [-0.25, -0.2) is 0 Å². The first kappa shape index (κ1) is 15.2. The summed E-state index contributed by atoms with van der Waals surface area (Å²) in [5.41, 5.74) is -0.472. The zero-order chi connectivity index (χ0) is 15.5. The number of rotatable bonds is 3. The number of ether oxygens (including phenoxy) is 1. The molecule has 0 unspecified atom stereocenters. The fraction of sp³-hybridized carbons (Fsp3) is 0.500. The average Bonchev–Trinajstić information content (AvgIpc) is 2.49. The molecular weight excluding hydrogens is 268 g/mol. The number of carbonyl (C=O) groups is 1. The smallest absolute Gasteiger partial charge is 0.252 e. The number of benzene rings is 1. The van der Waals surface area contributed by atoms with E-state index in [9.17, 15) is 15.2 Å². The molecule has 0 aliphatic heterocycles. The maximum absolute atomic E-state index is 12.3. The van der Waals surface area contributed by atoms with E-state index in [2.05, 4.69) is 18.3 Å². The topological polar surface area (TPSA) is 82.3 Å². The minimum Gasteiger partial charge on any atom is -0.504 e. The SMILES string of the molecule is COc1ccc(C(=O)NC2(C#N)CCC(C)CC2)cc1O. The predicted molar refractivity (Wildman–Crippen MR) is 78.1 cm³/mol. The normalized spacial score (nSPS) is 24.9. The molecule has 2 N–H and O–H groups in total. The van der Waals surface area contributed by atoms with Gasteiger partial charge < -0.3 is 15.2 Å². The average molecular weight is 288 g/mol. The zero-order valence-electron chi connectivity index (χ0n) is 12.3. The van der Waals surface area contributed by atoms with Gasteiger partial charge in [0.15, 0.2) is 11.5 Å². The molecule has 112 valence electrons. The maximum Gasteiger partial charge on any atom is 0.252 e. The summed E-state index contributed by atoms with van der Waals surface area (Å²) in [4.78, 5) is 12.3. The van der Waals surface area contributed by atoms with Crippen molar-refractivity contribution in [3.05, 3.63) is 23.8 Å². The minimum absolute atomic E-state index is 0.0894. The van der Waals surface area contributed by atoms with Gasteiger partial charge in [-0.05, 0) is 49.8 Å². The Balaban J connectivity index is 2.13. The summed E-state index contributed by atoms with van der Waals surface area (Å²) in [5, 5.41) is 22.0. The number of hydrogen-bond acceptors (Lipinski definition) is 4. The van der Waals surface area contributed by atoms with Gasteiger partial charge in [-0.15, -0.1) is 0 Å². The van der Waals surface area contributed by atoms with Crippen molar-refractivity contribution in [2.75, 3.05) is 7.11 Å². The molecule has 5 nitrogen and oxygen atoms in total. The Morgan fingerprint density at radius 1 is 1.48 bits per heavy atom. The van der Waals surface area contributed by atoms with Crippen LogP contribution in [0.2, 0.25) is 0 Å². The monoisotopic (exact) mass is 288 g/mol. The summed E-state index contributed by atoms with van der Waals surface area (Å²) in [6, 6.07) is 6.72. The lowest BCUT2D eigenvalue weighted by Gasteiger charge is -2.34. The molecule has 2 rings (SSSR count). The molecule has 1 amide bonds. The van der Waals surface area contributed by atoms with E-state index < -0.39 is 5.54 Å². The lowest BCUT2D eigenvalue weighted by atomic mass is 9.78. The number of phenols is 1. The second-order valence-corrected chi connectivity index (χ2v) is 5.72. The van der Waals surface area contributed by atoms with Crippen LogP contribution in [-0.4, -0.2) is 23.7 Å². The van der Waals surface area contributed by atoms with E-state index >= 15 is 0 Å². The quantitative estimate of drug-likeness (QED) is 0.895. The van der Waals surface area contributed by atoms with E-state index in [1.165, 1.54) is 19.2 Å². The number of nitriles is 1. The molecule has 21 heavy (non-hydrogen) atoms. The van der Waals surface area contributed by atoms with Crippen LogP contribution in [0.1, 0.15) is 43.0 Å². The van der Waals surface area contributed by atoms with Crippen molar-refractivity contribution in [1.82, 2.24) is 5.32 Å². The van der Waals surface area contributed by atoms with Gasteiger partial charge in [0.25, 0.3) is 5.91 Å². The second-order valence-electron chi connectivity index (χ2n) is 5.72. The van der Waals surface area contributed by atoms with E-state index in [1.807, 2.05) is 0 Å². The molecule has 0 heterocycles. The number of amides is 1. The number of nitrogens with one attached hydrogen (secondary N) is 1. The number of phenolic OH excluding ortho intramolecular Hbond substituents is 1. The van der Waals surface area contributed by atoms with E-state index in [-0.39, 0.29) is 11.7 Å². The number of nitrogens with zero attached hydrogens (tertiary/aromatic N) is 1. The molecule has 1 saturated carbocycles. The molecule has 1 fully saturated rings. The van der Waals surface area contributed by atoms with Crippen LogP contribution in [0.4, 0.5) is 0 Å². The molecule has 0 bridgehead atoms. The van der Waals surface area contributed by atoms with Crippen LogP contribution in [0.15, 0.2) is 18.2 Å². The molecular formula is C16H20N2O3. The summed E-state index contributed by atoms with van der Waals surface area (Å²) in [6.45, 7) is 2.16. The van der Waals surface area contributed by atoms with Crippen LogP contribution < -0.4 is 10.1 Å². The third-order valence-electron chi connectivity index (χ3n) is 4.14. The first-order valence-electron chi connectivity index (χ1n) is 7.10. The van der Waals surface area contributed by atoms with Crippen molar-refractivity contribution in [3.8, 4) is 17.6 Å². The highest BCUT2D eigenvalue weighted by Crippen LogP contribution is 2.32. The Kier molecular flexibility index (Phi) is 4.37. The van der Waals surface area contributed by atoms with Gasteiger partial charge in [-0.2, -0.15) is 5.26 Å². The minimum atomic E-state index is -0.793. The van der Waals surface area contributed by atoms with Crippen LogP contribution in [0.3, 0.4) is 0 Å². The molecule has 1 aromatic rings. The van der Waals surface area contributed by atoms with Gasteiger partial charge >= 0.3 is 0 Å². The first-order chi connectivity index (χ1) is 9.99. The van der Waals surface area contributed by atoms with Crippen molar-refractivity contribution in [2.45, 2.75) is 38.1 Å². The van der Waals surface area contributed by atoms with E-state index in [0.29, 0.717) is 30.1 Å². The van der Waals surface area contributed by atoms with Crippen molar-refractivity contribution in [1.29, 1.82) is 5.26 Å². The third-order valence-corrected chi connectivity index (χ3v) is 4.14. The predicted octanol–water partition coefficient (Wildman–Crippen LogP) is 2.60. The first-order valence-corrected chi connectivity index (χ1v) is 7.10. The summed E-state index contributed by atoms with van der Waals surface area (Å²) < 4.78 is 4.95. The third kappa shape index (κ3) is 3.27. The Morgan fingerprint density at radius 3 is 2.67 bits per heavy atom. The van der Waals surface area contributed by atoms with Crippen LogP contribution in [0.5, 0.6) is 11.5 Å². The molecule has 0 aromatic heterocycles. The van der Waals surface area contributed by atoms with Gasteiger partial charge in [0.2, 0.25) is 0 Å². The summed E-state index contributed by atoms with van der Waals surface area (Å²) in [7, 11) is 1.45. The van der Waals surface area contributed by atoms with Crippen LogP contribution in [0.25, 0.3) is 0 Å². The Labute approximate surface area is 124 Å². The standard InChI is InChI=1S/C16H20N2O3/c1-11-5-7-16(10-17,8-6-11)18-15(20)12-3-4-14(21-2)13(19)9-12/h3-4,9,11,19H,5-8H2,1-2H3,(H,18,20). The number of aromatic hydroxyl groups is 1. The van der Waals surface area contributed by atoms with Crippen LogP contribution in [0, 0.1) is 17.2 Å². The van der Waals surface area contributed by atoms with Gasteiger partial charge in [-0.3, -0.25) is 4.79 Å². The van der Waals surface area contributed by atoms with Gasteiger partial charge in [-0.1, -0.05) is 6.92 Å². The zero-order valence-corrected chi connectivity index (χ0v) is 12.3. The maximum atomic E-state index is 12.3. The van der Waals surface area contributed by atoms with Crippen molar-refractivity contribution in [2.24, 2.45) is 5.92 Å². The van der Waals surface area contributed by atoms with Gasteiger partial charge in [0.05, 0.1) is 13.2 Å². The number of hydrogen-bond donors (Lipinski definition) is 2. The molecule has 0 spiro atoms. The highest BCUT2D eigenvalue weighted by atomic mass is 16.5. The number of methoxy groups -OCH3 is 1. The van der Waals surface area contributed by atoms with Gasteiger partial charge in [0.1, 0.15) is 5.54 Å². The van der Waals surface area contributed by atoms with Crippen LogP contribution in [-0.2, 0) is 0 Å². The van der Waals surface area contributed by atoms with Crippen molar-refractivity contribution in [3.63, 3.8) is 0 Å².